The summed E-state index contributed by atoms with van der Waals surface area (Å²) in [5, 5.41) is 0. The van der Waals surface area contributed by atoms with E-state index in [1.807, 2.05) is 18.2 Å². The highest BCUT2D eigenvalue weighted by molar-refractivity contribution is 5.98. The number of nitrogens with zero attached hydrogens (tertiary/aromatic N) is 2. The number of methoxy groups -OCH3 is 1. The molecule has 0 unspecified atom stereocenters. The van der Waals surface area contributed by atoms with Crippen LogP contribution in [0.2, 0.25) is 0 Å². The maximum atomic E-state index is 12.6. The number of piperazine rings is 1. The predicted molar refractivity (Wildman–Crippen MR) is 98.5 cm³/mol. The topological polar surface area (TPSA) is 51.2 Å². The van der Waals surface area contributed by atoms with Crippen LogP contribution in [0.3, 0.4) is 0 Å². The van der Waals surface area contributed by atoms with Gasteiger partial charge in [-0.25, -0.2) is 0 Å². The number of ether oxygens (including phenoxy) is 3. The Balaban J connectivity index is 1.36. The van der Waals surface area contributed by atoms with Crippen LogP contribution in [-0.4, -0.2) is 57.3 Å². The molecule has 6 nitrogen and oxygen atoms in total. The number of fused-ring (bicyclic) bond motifs is 1. The van der Waals surface area contributed by atoms with Crippen molar-refractivity contribution < 1.29 is 19.0 Å². The van der Waals surface area contributed by atoms with E-state index in [0.717, 1.165) is 37.6 Å². The number of rotatable bonds is 5. The number of carbonyl (C=O) groups is 1. The van der Waals surface area contributed by atoms with Crippen LogP contribution < -0.4 is 19.1 Å². The summed E-state index contributed by atoms with van der Waals surface area (Å²) in [5.74, 6) is 2.34. The van der Waals surface area contributed by atoms with Gasteiger partial charge in [0.2, 0.25) is 6.79 Å². The highest BCUT2D eigenvalue weighted by Crippen LogP contribution is 2.33. The summed E-state index contributed by atoms with van der Waals surface area (Å²) >= 11 is 0. The summed E-state index contributed by atoms with van der Waals surface area (Å²) in [5.41, 5.74) is 1.78. The average molecular weight is 354 g/mol. The lowest BCUT2D eigenvalue weighted by atomic mass is 10.1. The number of anilines is 1. The molecule has 0 N–H and O–H groups in total. The molecule has 2 aliphatic rings. The third kappa shape index (κ3) is 3.32. The first kappa shape index (κ1) is 16.7. The van der Waals surface area contributed by atoms with Gasteiger partial charge in [0.05, 0.1) is 19.3 Å². The van der Waals surface area contributed by atoms with Crippen LogP contribution in [0.25, 0.3) is 0 Å². The van der Waals surface area contributed by atoms with Crippen molar-refractivity contribution in [3.05, 3.63) is 48.0 Å². The molecule has 0 radical (unpaired) electrons. The Kier molecular flexibility index (Phi) is 4.67. The molecule has 0 saturated carbocycles. The molecular formula is C20H22N2O4. The molecule has 1 fully saturated rings. The Labute approximate surface area is 152 Å². The van der Waals surface area contributed by atoms with Gasteiger partial charge >= 0.3 is 0 Å². The minimum Gasteiger partial charge on any atom is -0.495 e. The quantitative estimate of drug-likeness (QED) is 0.769. The van der Waals surface area contributed by atoms with E-state index in [2.05, 4.69) is 15.9 Å². The van der Waals surface area contributed by atoms with Gasteiger partial charge in [0, 0.05) is 31.7 Å². The number of para-hydroxylation sites is 2. The fourth-order valence-electron chi connectivity index (χ4n) is 3.40. The average Bonchev–Trinajstić information content (AvgIpc) is 3.16. The van der Waals surface area contributed by atoms with Crippen molar-refractivity contribution in [1.29, 1.82) is 0 Å². The number of benzene rings is 2. The zero-order valence-corrected chi connectivity index (χ0v) is 14.8. The van der Waals surface area contributed by atoms with Crippen molar-refractivity contribution in [2.24, 2.45) is 0 Å². The molecule has 26 heavy (non-hydrogen) atoms. The Morgan fingerprint density at radius 2 is 1.81 bits per heavy atom. The van der Waals surface area contributed by atoms with Crippen LogP contribution in [-0.2, 0) is 0 Å². The van der Waals surface area contributed by atoms with Gasteiger partial charge in [0.25, 0.3) is 0 Å². The first-order valence-electron chi connectivity index (χ1n) is 8.78. The van der Waals surface area contributed by atoms with Gasteiger partial charge in [-0.1, -0.05) is 12.1 Å². The molecule has 0 spiro atoms. The van der Waals surface area contributed by atoms with E-state index in [1.54, 1.807) is 25.3 Å². The first-order valence-corrected chi connectivity index (χ1v) is 8.78. The summed E-state index contributed by atoms with van der Waals surface area (Å²) < 4.78 is 16.1. The van der Waals surface area contributed by atoms with Gasteiger partial charge in [-0.15, -0.1) is 0 Å². The summed E-state index contributed by atoms with van der Waals surface area (Å²) in [6.07, 6.45) is 0. The lowest BCUT2D eigenvalue weighted by Crippen LogP contribution is -2.48. The van der Waals surface area contributed by atoms with Crippen LogP contribution in [0.4, 0.5) is 5.69 Å². The number of carbonyl (C=O) groups excluding carboxylic acids is 1. The number of Topliss-reactive ketones (excluding diaryl/α,β-unsaturated/α-hetero) is 1. The van der Waals surface area contributed by atoms with E-state index in [-0.39, 0.29) is 12.6 Å². The number of ketones is 1. The fraction of sp³-hybridized carbons (Fsp3) is 0.350. The SMILES string of the molecule is COc1ccccc1N1CCN(CC(=O)c2ccc3c(c2)OCO3)CC1. The summed E-state index contributed by atoms with van der Waals surface area (Å²) in [6, 6.07) is 13.4. The molecule has 0 amide bonds. The minimum atomic E-state index is 0.106. The van der Waals surface area contributed by atoms with Gasteiger partial charge in [0.15, 0.2) is 17.3 Å². The molecule has 0 aliphatic carbocycles. The standard InChI is InChI=1S/C20H22N2O4/c1-24-18-5-3-2-4-16(18)22-10-8-21(9-11-22)13-17(23)15-6-7-19-20(12-15)26-14-25-19/h2-7,12H,8-11,13-14H2,1H3. The lowest BCUT2D eigenvalue weighted by molar-refractivity contribution is 0.0926. The third-order valence-corrected chi connectivity index (χ3v) is 4.86. The Hall–Kier alpha value is -2.73. The normalized spacial score (nSPS) is 16.6. The lowest BCUT2D eigenvalue weighted by Gasteiger charge is -2.36. The Bertz CT molecular complexity index is 800. The number of hydrogen-bond donors (Lipinski definition) is 0. The second-order valence-corrected chi connectivity index (χ2v) is 6.43. The van der Waals surface area contributed by atoms with Gasteiger partial charge < -0.3 is 19.1 Å². The van der Waals surface area contributed by atoms with Crippen LogP contribution >= 0.6 is 0 Å². The van der Waals surface area contributed by atoms with Gasteiger partial charge in [0.1, 0.15) is 5.75 Å². The molecule has 2 heterocycles. The molecule has 4 rings (SSSR count). The van der Waals surface area contributed by atoms with Crippen molar-refractivity contribution in [3.63, 3.8) is 0 Å². The first-order chi connectivity index (χ1) is 12.7. The van der Waals surface area contributed by atoms with E-state index in [9.17, 15) is 4.79 Å². The smallest absolute Gasteiger partial charge is 0.231 e. The van der Waals surface area contributed by atoms with Crippen molar-refractivity contribution >= 4 is 11.5 Å². The monoisotopic (exact) mass is 354 g/mol. The van der Waals surface area contributed by atoms with E-state index in [1.165, 1.54) is 0 Å². The fourth-order valence-corrected chi connectivity index (χ4v) is 3.40. The van der Waals surface area contributed by atoms with Crippen LogP contribution in [0, 0.1) is 0 Å². The summed E-state index contributed by atoms with van der Waals surface area (Å²) in [7, 11) is 1.69. The molecule has 2 aromatic rings. The zero-order valence-electron chi connectivity index (χ0n) is 14.8. The molecule has 2 aliphatic heterocycles. The van der Waals surface area contributed by atoms with Crippen molar-refractivity contribution in [1.82, 2.24) is 4.90 Å². The van der Waals surface area contributed by atoms with Crippen molar-refractivity contribution in [2.45, 2.75) is 0 Å². The second-order valence-electron chi connectivity index (χ2n) is 6.43. The maximum absolute atomic E-state index is 12.6. The van der Waals surface area contributed by atoms with Crippen LogP contribution in [0.1, 0.15) is 10.4 Å². The minimum absolute atomic E-state index is 0.106. The molecule has 6 heteroatoms. The van der Waals surface area contributed by atoms with Gasteiger partial charge in [-0.05, 0) is 30.3 Å². The molecular weight excluding hydrogens is 332 g/mol. The van der Waals surface area contributed by atoms with E-state index < -0.39 is 0 Å². The van der Waals surface area contributed by atoms with Gasteiger partial charge in [-0.2, -0.15) is 0 Å². The van der Waals surface area contributed by atoms with E-state index in [4.69, 9.17) is 14.2 Å². The van der Waals surface area contributed by atoms with Gasteiger partial charge in [-0.3, -0.25) is 9.69 Å². The summed E-state index contributed by atoms with van der Waals surface area (Å²) in [4.78, 5) is 17.1. The largest absolute Gasteiger partial charge is 0.495 e. The molecule has 0 atom stereocenters. The predicted octanol–water partition coefficient (Wildman–Crippen LogP) is 2.43. The van der Waals surface area contributed by atoms with E-state index >= 15 is 0 Å². The molecule has 0 bridgehead atoms. The van der Waals surface area contributed by atoms with Crippen molar-refractivity contribution in [3.8, 4) is 17.2 Å². The summed E-state index contributed by atoms with van der Waals surface area (Å²) in [6.45, 7) is 4.06. The second kappa shape index (κ2) is 7.25. The number of hydrogen-bond acceptors (Lipinski definition) is 6. The molecule has 0 aromatic heterocycles. The van der Waals surface area contributed by atoms with Crippen LogP contribution in [0.5, 0.6) is 17.2 Å². The van der Waals surface area contributed by atoms with E-state index in [0.29, 0.717) is 23.6 Å². The molecule has 2 aromatic carbocycles. The highest BCUT2D eigenvalue weighted by Gasteiger charge is 2.22. The molecule has 1 saturated heterocycles. The van der Waals surface area contributed by atoms with Crippen LogP contribution in [0.15, 0.2) is 42.5 Å². The van der Waals surface area contributed by atoms with Crippen molar-refractivity contribution in [2.75, 3.05) is 51.5 Å². The third-order valence-electron chi connectivity index (χ3n) is 4.86. The Morgan fingerprint density at radius 3 is 2.62 bits per heavy atom. The Morgan fingerprint density at radius 1 is 1.04 bits per heavy atom. The molecule has 136 valence electrons. The zero-order chi connectivity index (χ0) is 17.9. The maximum Gasteiger partial charge on any atom is 0.231 e. The highest BCUT2D eigenvalue weighted by atomic mass is 16.7.